The van der Waals surface area contributed by atoms with Crippen LogP contribution in [0.2, 0.25) is 0 Å². The number of hydrogen-bond acceptors (Lipinski definition) is 2. The fourth-order valence-corrected chi connectivity index (χ4v) is 2.41. The zero-order valence-electron chi connectivity index (χ0n) is 11.8. The summed E-state index contributed by atoms with van der Waals surface area (Å²) in [6.07, 6.45) is 0. The third kappa shape index (κ3) is 2.43. The van der Waals surface area contributed by atoms with Crippen LogP contribution in [0.3, 0.4) is 0 Å². The molecule has 2 aromatic carbocycles. The summed E-state index contributed by atoms with van der Waals surface area (Å²) >= 11 is 0. The van der Waals surface area contributed by atoms with E-state index >= 15 is 0 Å². The molecule has 1 heterocycles. The van der Waals surface area contributed by atoms with Crippen LogP contribution in [0.25, 0.3) is 10.9 Å². The molecule has 0 aliphatic heterocycles. The van der Waals surface area contributed by atoms with Crippen molar-refractivity contribution in [2.75, 3.05) is 0 Å². The van der Waals surface area contributed by atoms with Gasteiger partial charge in [0.2, 0.25) is 0 Å². The van der Waals surface area contributed by atoms with Gasteiger partial charge in [-0.15, -0.1) is 0 Å². The Hall–Kier alpha value is -2.19. The Balaban J connectivity index is 2.01. The minimum atomic E-state index is -0.0960. The van der Waals surface area contributed by atoms with Gasteiger partial charge in [0.1, 0.15) is 0 Å². The van der Waals surface area contributed by atoms with E-state index in [0.717, 1.165) is 27.7 Å². The number of benzene rings is 2. The Bertz CT molecular complexity index is 745. The van der Waals surface area contributed by atoms with Crippen molar-refractivity contribution in [3.8, 4) is 0 Å². The Labute approximate surface area is 119 Å². The number of aryl methyl sites for hydroxylation is 2. The van der Waals surface area contributed by atoms with Gasteiger partial charge in [0.25, 0.3) is 0 Å². The molecular formula is C18H18N2. The highest BCUT2D eigenvalue weighted by molar-refractivity contribution is 5.79. The average Bonchev–Trinajstić information content (AvgIpc) is 2.47. The minimum Gasteiger partial charge on any atom is -0.320 e. The van der Waals surface area contributed by atoms with Gasteiger partial charge in [-0.2, -0.15) is 0 Å². The number of aromatic nitrogens is 1. The number of rotatable bonds is 2. The molecule has 1 aromatic heterocycles. The Morgan fingerprint density at radius 2 is 1.55 bits per heavy atom. The van der Waals surface area contributed by atoms with Gasteiger partial charge in [-0.05, 0) is 43.2 Å². The molecule has 0 aliphatic rings. The van der Waals surface area contributed by atoms with Crippen molar-refractivity contribution in [2.45, 2.75) is 19.9 Å². The largest absolute Gasteiger partial charge is 0.320 e. The molecule has 2 heteroatoms. The lowest BCUT2D eigenvalue weighted by Crippen LogP contribution is -2.11. The first-order chi connectivity index (χ1) is 9.63. The Morgan fingerprint density at radius 1 is 0.850 bits per heavy atom. The van der Waals surface area contributed by atoms with Crippen molar-refractivity contribution in [3.05, 3.63) is 77.0 Å². The second kappa shape index (κ2) is 5.06. The van der Waals surface area contributed by atoms with E-state index in [4.69, 9.17) is 5.73 Å². The number of nitrogens with zero attached hydrogens (tertiary/aromatic N) is 1. The number of pyridine rings is 1. The molecule has 0 radical (unpaired) electrons. The molecule has 0 bridgehead atoms. The monoisotopic (exact) mass is 262 g/mol. The van der Waals surface area contributed by atoms with Gasteiger partial charge in [-0.3, -0.25) is 4.98 Å². The highest BCUT2D eigenvalue weighted by Gasteiger charge is 2.09. The van der Waals surface area contributed by atoms with Crippen LogP contribution in [0.5, 0.6) is 0 Å². The summed E-state index contributed by atoms with van der Waals surface area (Å²) in [6, 6.07) is 18.7. The first-order valence-electron chi connectivity index (χ1n) is 6.83. The summed E-state index contributed by atoms with van der Waals surface area (Å²) in [4.78, 5) is 4.52. The first kappa shape index (κ1) is 12.8. The van der Waals surface area contributed by atoms with Crippen LogP contribution < -0.4 is 5.73 Å². The van der Waals surface area contributed by atoms with Crippen molar-refractivity contribution in [3.63, 3.8) is 0 Å². The van der Waals surface area contributed by atoms with Crippen molar-refractivity contribution in [1.82, 2.24) is 4.98 Å². The van der Waals surface area contributed by atoms with Crippen molar-refractivity contribution in [1.29, 1.82) is 0 Å². The van der Waals surface area contributed by atoms with Gasteiger partial charge in [0.15, 0.2) is 0 Å². The predicted octanol–water partition coefficient (Wildman–Crippen LogP) is 3.90. The molecule has 100 valence electrons. The second-order valence-corrected chi connectivity index (χ2v) is 5.29. The summed E-state index contributed by atoms with van der Waals surface area (Å²) in [5.74, 6) is 0. The molecule has 2 nitrogen and oxygen atoms in total. The second-order valence-electron chi connectivity index (χ2n) is 5.29. The lowest BCUT2D eigenvalue weighted by atomic mass is 9.97. The van der Waals surface area contributed by atoms with E-state index in [0.29, 0.717) is 0 Å². The summed E-state index contributed by atoms with van der Waals surface area (Å²) in [5.41, 5.74) is 11.9. The maximum Gasteiger partial charge on any atom is 0.0705 e. The number of nitrogens with two attached hydrogens (primary N) is 1. The fraction of sp³-hybridized carbons (Fsp3) is 0.167. The predicted molar refractivity (Wildman–Crippen MR) is 83.7 cm³/mol. The molecule has 1 unspecified atom stereocenters. The summed E-state index contributed by atoms with van der Waals surface area (Å²) in [7, 11) is 0. The van der Waals surface area contributed by atoms with Crippen LogP contribution >= 0.6 is 0 Å². The molecule has 0 fully saturated rings. The maximum atomic E-state index is 6.37. The van der Waals surface area contributed by atoms with Crippen LogP contribution in [-0.2, 0) is 0 Å². The van der Waals surface area contributed by atoms with E-state index in [-0.39, 0.29) is 6.04 Å². The third-order valence-corrected chi connectivity index (χ3v) is 3.65. The summed E-state index contributed by atoms with van der Waals surface area (Å²) in [5, 5.41) is 1.13. The maximum absolute atomic E-state index is 6.37. The molecule has 20 heavy (non-hydrogen) atoms. The molecule has 3 rings (SSSR count). The van der Waals surface area contributed by atoms with E-state index < -0.39 is 0 Å². The van der Waals surface area contributed by atoms with Gasteiger partial charge in [0.05, 0.1) is 11.6 Å². The standard InChI is InChI=1S/C18H18N2/c1-12-3-6-14(7-4-12)18(19)16-9-10-17-15(11-16)8-5-13(2)20-17/h3-11,18H,19H2,1-2H3. The van der Waals surface area contributed by atoms with Crippen molar-refractivity contribution >= 4 is 10.9 Å². The molecule has 0 aliphatic carbocycles. The molecular weight excluding hydrogens is 244 g/mol. The average molecular weight is 262 g/mol. The molecule has 0 saturated heterocycles. The van der Waals surface area contributed by atoms with Gasteiger partial charge >= 0.3 is 0 Å². The van der Waals surface area contributed by atoms with Crippen LogP contribution in [0.4, 0.5) is 0 Å². The van der Waals surface area contributed by atoms with Gasteiger partial charge in [-0.1, -0.05) is 42.0 Å². The van der Waals surface area contributed by atoms with E-state index in [1.54, 1.807) is 0 Å². The zero-order chi connectivity index (χ0) is 14.1. The lowest BCUT2D eigenvalue weighted by Gasteiger charge is -2.13. The van der Waals surface area contributed by atoms with E-state index in [2.05, 4.69) is 54.4 Å². The summed E-state index contributed by atoms with van der Waals surface area (Å²) in [6.45, 7) is 4.09. The van der Waals surface area contributed by atoms with E-state index in [1.165, 1.54) is 5.56 Å². The lowest BCUT2D eigenvalue weighted by molar-refractivity contribution is 0.872. The molecule has 2 N–H and O–H groups in total. The summed E-state index contributed by atoms with van der Waals surface area (Å²) < 4.78 is 0. The van der Waals surface area contributed by atoms with Crippen LogP contribution in [0.1, 0.15) is 28.4 Å². The molecule has 3 aromatic rings. The minimum absolute atomic E-state index is 0.0960. The highest BCUT2D eigenvalue weighted by Crippen LogP contribution is 2.23. The smallest absolute Gasteiger partial charge is 0.0705 e. The molecule has 0 spiro atoms. The molecule has 1 atom stereocenters. The third-order valence-electron chi connectivity index (χ3n) is 3.65. The fourth-order valence-electron chi connectivity index (χ4n) is 2.41. The zero-order valence-corrected chi connectivity index (χ0v) is 11.8. The quantitative estimate of drug-likeness (QED) is 0.760. The van der Waals surface area contributed by atoms with E-state index in [1.807, 2.05) is 19.1 Å². The van der Waals surface area contributed by atoms with Gasteiger partial charge in [0, 0.05) is 11.1 Å². The van der Waals surface area contributed by atoms with Gasteiger partial charge in [-0.25, -0.2) is 0 Å². The Kier molecular flexibility index (Phi) is 3.25. The van der Waals surface area contributed by atoms with Crippen LogP contribution in [-0.4, -0.2) is 4.98 Å². The highest BCUT2D eigenvalue weighted by atomic mass is 14.7. The van der Waals surface area contributed by atoms with Gasteiger partial charge < -0.3 is 5.73 Å². The number of fused-ring (bicyclic) bond motifs is 1. The Morgan fingerprint density at radius 3 is 2.30 bits per heavy atom. The van der Waals surface area contributed by atoms with Crippen LogP contribution in [0.15, 0.2) is 54.6 Å². The van der Waals surface area contributed by atoms with Crippen molar-refractivity contribution in [2.24, 2.45) is 5.73 Å². The topological polar surface area (TPSA) is 38.9 Å². The van der Waals surface area contributed by atoms with E-state index in [9.17, 15) is 0 Å². The first-order valence-corrected chi connectivity index (χ1v) is 6.83. The number of hydrogen-bond donors (Lipinski definition) is 1. The molecule has 0 amide bonds. The SMILES string of the molecule is Cc1ccc(C(N)c2ccc3nc(C)ccc3c2)cc1. The normalized spacial score (nSPS) is 12.6. The van der Waals surface area contributed by atoms with Crippen molar-refractivity contribution < 1.29 is 0 Å². The van der Waals surface area contributed by atoms with Crippen LogP contribution in [0, 0.1) is 13.8 Å². The molecule has 0 saturated carbocycles.